The molecule has 0 radical (unpaired) electrons. The van der Waals surface area contributed by atoms with E-state index in [2.05, 4.69) is 15.6 Å². The van der Waals surface area contributed by atoms with Crippen LogP contribution in [0.3, 0.4) is 0 Å². The lowest BCUT2D eigenvalue weighted by atomic mass is 10.3. The van der Waals surface area contributed by atoms with Crippen LogP contribution in [0.2, 0.25) is 0 Å². The quantitative estimate of drug-likeness (QED) is 0.773. The Balaban J connectivity index is 1.79. The molecule has 0 atom stereocenters. The van der Waals surface area contributed by atoms with Gasteiger partial charge in [-0.2, -0.15) is 0 Å². The Morgan fingerprint density at radius 3 is 2.93 bits per heavy atom. The fourth-order valence-corrected chi connectivity index (χ4v) is 1.27. The number of hydrogen-bond acceptors (Lipinski definition) is 3. The Morgan fingerprint density at radius 2 is 2.33 bits per heavy atom. The van der Waals surface area contributed by atoms with E-state index in [-0.39, 0.29) is 5.91 Å². The van der Waals surface area contributed by atoms with Crippen molar-refractivity contribution in [3.05, 3.63) is 24.0 Å². The largest absolute Gasteiger partial charge is 0.324 e. The average Bonchev–Trinajstić information content (AvgIpc) is 3.02. The number of hydrogen-bond donors (Lipinski definition) is 2. The maximum absolute atomic E-state index is 11.4. The van der Waals surface area contributed by atoms with Gasteiger partial charge < -0.3 is 10.6 Å². The third-order valence-corrected chi connectivity index (χ3v) is 2.32. The highest BCUT2D eigenvalue weighted by molar-refractivity contribution is 5.92. The van der Waals surface area contributed by atoms with Crippen LogP contribution >= 0.6 is 0 Å². The molecule has 1 aromatic heterocycles. The lowest BCUT2D eigenvalue weighted by molar-refractivity contribution is -0.115. The zero-order valence-electron chi connectivity index (χ0n) is 8.79. The molecule has 4 heteroatoms. The number of nitrogens with one attached hydrogen (secondary N) is 2. The van der Waals surface area contributed by atoms with Crippen molar-refractivity contribution in [2.45, 2.75) is 25.8 Å². The number of pyridine rings is 1. The van der Waals surface area contributed by atoms with Crippen LogP contribution in [0.4, 0.5) is 5.69 Å². The molecule has 0 aliphatic heterocycles. The molecular weight excluding hydrogens is 190 g/mol. The number of aryl methyl sites for hydroxylation is 1. The molecule has 1 amide bonds. The predicted molar refractivity (Wildman–Crippen MR) is 58.6 cm³/mol. The molecule has 0 saturated heterocycles. The van der Waals surface area contributed by atoms with Gasteiger partial charge in [0.2, 0.25) is 5.91 Å². The van der Waals surface area contributed by atoms with Gasteiger partial charge in [-0.15, -0.1) is 0 Å². The number of carbonyl (C=O) groups excluding carboxylic acids is 1. The molecular formula is C11H15N3O. The average molecular weight is 205 g/mol. The summed E-state index contributed by atoms with van der Waals surface area (Å²) in [6.45, 7) is 2.30. The van der Waals surface area contributed by atoms with Crippen LogP contribution in [0.15, 0.2) is 18.3 Å². The van der Waals surface area contributed by atoms with E-state index < -0.39 is 0 Å². The molecule has 1 saturated carbocycles. The maximum atomic E-state index is 11.4. The Bertz CT molecular complexity index is 343. The van der Waals surface area contributed by atoms with Crippen LogP contribution in [-0.2, 0) is 4.79 Å². The molecule has 2 N–H and O–H groups in total. The van der Waals surface area contributed by atoms with Crippen molar-refractivity contribution >= 4 is 11.6 Å². The third-order valence-electron chi connectivity index (χ3n) is 2.32. The first-order valence-electron chi connectivity index (χ1n) is 5.20. The summed E-state index contributed by atoms with van der Waals surface area (Å²) in [5.74, 6) is -0.00690. The zero-order chi connectivity index (χ0) is 10.7. The summed E-state index contributed by atoms with van der Waals surface area (Å²) in [6.07, 6.45) is 4.06. The van der Waals surface area contributed by atoms with Crippen molar-refractivity contribution in [1.29, 1.82) is 0 Å². The first-order valence-corrected chi connectivity index (χ1v) is 5.20. The summed E-state index contributed by atoms with van der Waals surface area (Å²) >= 11 is 0. The van der Waals surface area contributed by atoms with E-state index in [1.807, 2.05) is 19.1 Å². The molecule has 15 heavy (non-hydrogen) atoms. The van der Waals surface area contributed by atoms with E-state index >= 15 is 0 Å². The van der Waals surface area contributed by atoms with Gasteiger partial charge in [0.1, 0.15) is 0 Å². The molecule has 1 aromatic rings. The van der Waals surface area contributed by atoms with Crippen molar-refractivity contribution in [1.82, 2.24) is 10.3 Å². The Morgan fingerprint density at radius 1 is 1.53 bits per heavy atom. The predicted octanol–water partition coefficient (Wildman–Crippen LogP) is 1.08. The number of nitrogens with zero attached hydrogens (tertiary/aromatic N) is 1. The number of carbonyl (C=O) groups is 1. The Hall–Kier alpha value is -1.42. The smallest absolute Gasteiger partial charge is 0.238 e. The highest BCUT2D eigenvalue weighted by Gasteiger charge is 2.20. The van der Waals surface area contributed by atoms with E-state index in [1.54, 1.807) is 6.20 Å². The number of rotatable bonds is 4. The van der Waals surface area contributed by atoms with Crippen molar-refractivity contribution in [2.75, 3.05) is 11.9 Å². The molecule has 80 valence electrons. The van der Waals surface area contributed by atoms with Crippen molar-refractivity contribution in [3.63, 3.8) is 0 Å². The van der Waals surface area contributed by atoms with Gasteiger partial charge in [-0.25, -0.2) is 0 Å². The van der Waals surface area contributed by atoms with Crippen LogP contribution in [0.1, 0.15) is 18.5 Å². The SMILES string of the molecule is Cc1ccc(NC(=O)CNC2CC2)cn1. The van der Waals surface area contributed by atoms with Gasteiger partial charge in [-0.3, -0.25) is 9.78 Å². The van der Waals surface area contributed by atoms with E-state index in [1.165, 1.54) is 12.8 Å². The van der Waals surface area contributed by atoms with Crippen molar-refractivity contribution < 1.29 is 4.79 Å². The molecule has 2 rings (SSSR count). The third kappa shape index (κ3) is 3.32. The van der Waals surface area contributed by atoms with Crippen molar-refractivity contribution in [3.8, 4) is 0 Å². The first kappa shape index (κ1) is 10.1. The van der Waals surface area contributed by atoms with Gasteiger partial charge in [0, 0.05) is 11.7 Å². The topological polar surface area (TPSA) is 54.0 Å². The summed E-state index contributed by atoms with van der Waals surface area (Å²) in [7, 11) is 0. The molecule has 0 bridgehead atoms. The fraction of sp³-hybridized carbons (Fsp3) is 0.455. The molecule has 4 nitrogen and oxygen atoms in total. The second kappa shape index (κ2) is 4.40. The van der Waals surface area contributed by atoms with Crippen molar-refractivity contribution in [2.24, 2.45) is 0 Å². The van der Waals surface area contributed by atoms with Gasteiger partial charge in [-0.05, 0) is 31.9 Å². The minimum absolute atomic E-state index is 0.00690. The zero-order valence-corrected chi connectivity index (χ0v) is 8.79. The molecule has 1 aliphatic carbocycles. The highest BCUT2D eigenvalue weighted by atomic mass is 16.1. The molecule has 0 unspecified atom stereocenters. The highest BCUT2D eigenvalue weighted by Crippen LogP contribution is 2.18. The summed E-state index contributed by atoms with van der Waals surface area (Å²) in [5, 5.41) is 5.94. The first-order chi connectivity index (χ1) is 7.24. The number of aromatic nitrogens is 1. The number of amides is 1. The molecule has 1 heterocycles. The van der Waals surface area contributed by atoms with Crippen LogP contribution in [0, 0.1) is 6.92 Å². The monoisotopic (exact) mass is 205 g/mol. The molecule has 1 aliphatic rings. The minimum Gasteiger partial charge on any atom is -0.324 e. The molecule has 0 aromatic carbocycles. The van der Waals surface area contributed by atoms with Crippen LogP contribution in [0.5, 0.6) is 0 Å². The van der Waals surface area contributed by atoms with Crippen LogP contribution in [0.25, 0.3) is 0 Å². The Kier molecular flexibility index (Phi) is 2.97. The van der Waals surface area contributed by atoms with Crippen LogP contribution in [-0.4, -0.2) is 23.5 Å². The standard InChI is InChI=1S/C11H15N3O/c1-8-2-3-10(6-12-8)14-11(15)7-13-9-4-5-9/h2-3,6,9,13H,4-5,7H2,1H3,(H,14,15). The van der Waals surface area contributed by atoms with E-state index in [0.29, 0.717) is 12.6 Å². The van der Waals surface area contributed by atoms with E-state index in [4.69, 9.17) is 0 Å². The summed E-state index contributed by atoms with van der Waals surface area (Å²) in [4.78, 5) is 15.5. The van der Waals surface area contributed by atoms with Gasteiger partial charge in [0.15, 0.2) is 0 Å². The van der Waals surface area contributed by atoms with Gasteiger partial charge in [0.05, 0.1) is 18.4 Å². The molecule has 0 spiro atoms. The van der Waals surface area contributed by atoms with Gasteiger partial charge >= 0.3 is 0 Å². The summed E-state index contributed by atoms with van der Waals surface area (Å²) < 4.78 is 0. The van der Waals surface area contributed by atoms with E-state index in [0.717, 1.165) is 11.4 Å². The molecule has 1 fully saturated rings. The number of anilines is 1. The fourth-order valence-electron chi connectivity index (χ4n) is 1.27. The van der Waals surface area contributed by atoms with Gasteiger partial charge in [-0.1, -0.05) is 0 Å². The second-order valence-electron chi connectivity index (χ2n) is 3.89. The Labute approximate surface area is 89.1 Å². The lowest BCUT2D eigenvalue weighted by Gasteiger charge is -2.05. The normalized spacial score (nSPS) is 15.0. The second-order valence-corrected chi connectivity index (χ2v) is 3.89. The summed E-state index contributed by atoms with van der Waals surface area (Å²) in [6, 6.07) is 4.30. The van der Waals surface area contributed by atoms with E-state index in [9.17, 15) is 4.79 Å². The maximum Gasteiger partial charge on any atom is 0.238 e. The summed E-state index contributed by atoms with van der Waals surface area (Å²) in [5.41, 5.74) is 1.70. The lowest BCUT2D eigenvalue weighted by Crippen LogP contribution is -2.29. The van der Waals surface area contributed by atoms with Crippen LogP contribution < -0.4 is 10.6 Å². The minimum atomic E-state index is -0.00690. The van der Waals surface area contributed by atoms with Gasteiger partial charge in [0.25, 0.3) is 0 Å².